The number of hydrogen-bond donors (Lipinski definition) is 0. The molecule has 122 valence electrons. The first-order chi connectivity index (χ1) is 11.7. The number of ether oxygens (including phenoxy) is 2. The molecule has 0 saturated carbocycles. The van der Waals surface area contributed by atoms with Crippen molar-refractivity contribution < 1.29 is 19.1 Å². The van der Waals surface area contributed by atoms with Crippen LogP contribution in [0.5, 0.6) is 5.75 Å². The molecule has 0 bridgehead atoms. The van der Waals surface area contributed by atoms with Gasteiger partial charge in [0.2, 0.25) is 0 Å². The lowest BCUT2D eigenvalue weighted by molar-refractivity contribution is -0.121. The van der Waals surface area contributed by atoms with Crippen molar-refractivity contribution in [2.45, 2.75) is 0 Å². The van der Waals surface area contributed by atoms with Crippen molar-refractivity contribution in [1.29, 1.82) is 0 Å². The summed E-state index contributed by atoms with van der Waals surface area (Å²) in [5, 5.41) is 0. The third-order valence-corrected chi connectivity index (χ3v) is 3.73. The van der Waals surface area contributed by atoms with Crippen LogP contribution in [0.1, 0.15) is 11.1 Å². The predicted octanol–water partition coefficient (Wildman–Crippen LogP) is 3.21. The van der Waals surface area contributed by atoms with E-state index in [4.69, 9.17) is 9.47 Å². The summed E-state index contributed by atoms with van der Waals surface area (Å²) in [6.45, 7) is 0.492. The Kier molecular flexibility index (Phi) is 4.61. The number of benzene rings is 2. The van der Waals surface area contributed by atoms with Crippen LogP contribution in [0.2, 0.25) is 0 Å². The monoisotopic (exact) mass is 323 g/mol. The average molecular weight is 323 g/mol. The zero-order valence-electron chi connectivity index (χ0n) is 13.3. The fourth-order valence-electron chi connectivity index (χ4n) is 2.51. The topological polar surface area (TPSA) is 55.8 Å². The quantitative estimate of drug-likeness (QED) is 0.640. The van der Waals surface area contributed by atoms with Crippen molar-refractivity contribution in [2.24, 2.45) is 0 Å². The maximum atomic E-state index is 12.8. The maximum absolute atomic E-state index is 12.8. The van der Waals surface area contributed by atoms with Gasteiger partial charge >= 0.3 is 6.09 Å². The highest BCUT2D eigenvalue weighted by Gasteiger charge is 2.31. The number of methoxy groups -OCH3 is 1. The van der Waals surface area contributed by atoms with Gasteiger partial charge in [-0.05, 0) is 29.3 Å². The fraction of sp³-hybridized carbons (Fsp3) is 0.158. The zero-order chi connectivity index (χ0) is 16.9. The first-order valence-corrected chi connectivity index (χ1v) is 7.59. The van der Waals surface area contributed by atoms with Gasteiger partial charge in [-0.2, -0.15) is 0 Å². The molecule has 5 heteroatoms. The Hall–Kier alpha value is -3.08. The molecule has 2 aromatic carbocycles. The molecule has 0 atom stereocenters. The molecule has 1 saturated heterocycles. The van der Waals surface area contributed by atoms with Gasteiger partial charge in [-0.1, -0.05) is 42.5 Å². The molecule has 24 heavy (non-hydrogen) atoms. The van der Waals surface area contributed by atoms with E-state index in [9.17, 15) is 9.59 Å². The van der Waals surface area contributed by atoms with Crippen molar-refractivity contribution in [3.05, 3.63) is 65.7 Å². The lowest BCUT2D eigenvalue weighted by Crippen LogP contribution is -2.32. The van der Waals surface area contributed by atoms with Gasteiger partial charge < -0.3 is 9.47 Å². The van der Waals surface area contributed by atoms with E-state index in [1.165, 1.54) is 0 Å². The van der Waals surface area contributed by atoms with E-state index in [2.05, 4.69) is 0 Å². The molecule has 2 amide bonds. The zero-order valence-corrected chi connectivity index (χ0v) is 13.3. The number of amides is 2. The number of nitrogens with zero attached hydrogens (tertiary/aromatic N) is 1. The number of cyclic esters (lactones) is 1. The van der Waals surface area contributed by atoms with Gasteiger partial charge in [0, 0.05) is 5.57 Å². The summed E-state index contributed by atoms with van der Waals surface area (Å²) < 4.78 is 10.1. The molecule has 0 spiro atoms. The fourth-order valence-corrected chi connectivity index (χ4v) is 2.51. The van der Waals surface area contributed by atoms with Gasteiger partial charge in [-0.25, -0.2) is 9.69 Å². The largest absolute Gasteiger partial charge is 0.497 e. The predicted molar refractivity (Wildman–Crippen MR) is 90.4 cm³/mol. The van der Waals surface area contributed by atoms with Crippen LogP contribution < -0.4 is 4.74 Å². The van der Waals surface area contributed by atoms with E-state index in [-0.39, 0.29) is 19.1 Å². The van der Waals surface area contributed by atoms with E-state index in [1.54, 1.807) is 13.2 Å². The van der Waals surface area contributed by atoms with Crippen LogP contribution in [-0.2, 0) is 9.53 Å². The second kappa shape index (κ2) is 7.00. The molecule has 1 aliphatic rings. The number of carbonyl (C=O) groups excluding carboxylic acids is 2. The second-order valence-electron chi connectivity index (χ2n) is 5.27. The van der Waals surface area contributed by atoms with Crippen LogP contribution in [0.3, 0.4) is 0 Å². The molecule has 0 radical (unpaired) electrons. The minimum Gasteiger partial charge on any atom is -0.497 e. The highest BCUT2D eigenvalue weighted by atomic mass is 16.6. The van der Waals surface area contributed by atoms with E-state index in [0.29, 0.717) is 11.3 Å². The normalized spacial score (nSPS) is 14.5. The minimum absolute atomic E-state index is 0.228. The summed E-state index contributed by atoms with van der Waals surface area (Å²) in [7, 11) is 1.59. The van der Waals surface area contributed by atoms with Gasteiger partial charge in [0.25, 0.3) is 5.91 Å². The van der Waals surface area contributed by atoms with Gasteiger partial charge in [0.15, 0.2) is 0 Å². The Labute approximate surface area is 140 Å². The summed E-state index contributed by atoms with van der Waals surface area (Å²) in [6, 6.07) is 16.6. The van der Waals surface area contributed by atoms with Crippen molar-refractivity contribution in [3.8, 4) is 5.75 Å². The molecule has 0 aromatic heterocycles. The summed E-state index contributed by atoms with van der Waals surface area (Å²) in [4.78, 5) is 25.7. The third-order valence-electron chi connectivity index (χ3n) is 3.73. The number of rotatable bonds is 4. The van der Waals surface area contributed by atoms with Crippen molar-refractivity contribution in [2.75, 3.05) is 20.3 Å². The smallest absolute Gasteiger partial charge is 0.416 e. The standard InChI is InChI=1S/C19H17NO4/c1-23-16-9-5-6-14(12-16)13-17(15-7-3-2-4-8-15)18(21)20-10-11-24-19(20)22/h2-9,12-13H,10-11H2,1H3/b17-13+. The van der Waals surface area contributed by atoms with E-state index >= 15 is 0 Å². The Morgan fingerprint density at radius 2 is 1.96 bits per heavy atom. The molecule has 1 aliphatic heterocycles. The molecular weight excluding hydrogens is 306 g/mol. The van der Waals surface area contributed by atoms with Crippen LogP contribution in [0, 0.1) is 0 Å². The molecule has 0 unspecified atom stereocenters. The molecule has 0 N–H and O–H groups in total. The van der Waals surface area contributed by atoms with Crippen molar-refractivity contribution in [3.63, 3.8) is 0 Å². The Morgan fingerprint density at radius 3 is 2.62 bits per heavy atom. The first kappa shape index (κ1) is 15.8. The van der Waals surface area contributed by atoms with Crippen LogP contribution >= 0.6 is 0 Å². The molecular formula is C19H17NO4. The molecule has 1 heterocycles. The van der Waals surface area contributed by atoms with Crippen molar-refractivity contribution >= 4 is 23.6 Å². The SMILES string of the molecule is COc1cccc(/C=C(/C(=O)N2CCOC2=O)c2ccccc2)c1. The molecule has 2 aromatic rings. The molecule has 5 nitrogen and oxygen atoms in total. The number of carbonyl (C=O) groups is 2. The summed E-state index contributed by atoms with van der Waals surface area (Å²) in [5.74, 6) is 0.329. The maximum Gasteiger partial charge on any atom is 0.416 e. The Morgan fingerprint density at radius 1 is 1.17 bits per heavy atom. The van der Waals surface area contributed by atoms with Crippen LogP contribution in [0.25, 0.3) is 11.6 Å². The van der Waals surface area contributed by atoms with Gasteiger partial charge in [-0.15, -0.1) is 0 Å². The molecule has 3 rings (SSSR count). The van der Waals surface area contributed by atoms with E-state index < -0.39 is 6.09 Å². The summed E-state index contributed by atoms with van der Waals surface area (Å²) in [5.41, 5.74) is 1.99. The van der Waals surface area contributed by atoms with Crippen molar-refractivity contribution in [1.82, 2.24) is 4.90 Å². The van der Waals surface area contributed by atoms with E-state index in [1.807, 2.05) is 54.6 Å². The summed E-state index contributed by atoms with van der Waals surface area (Å²) >= 11 is 0. The lowest BCUT2D eigenvalue weighted by atomic mass is 10.0. The lowest BCUT2D eigenvalue weighted by Gasteiger charge is -2.14. The van der Waals surface area contributed by atoms with E-state index in [0.717, 1.165) is 16.0 Å². The van der Waals surface area contributed by atoms with Crippen LogP contribution in [0.4, 0.5) is 4.79 Å². The number of hydrogen-bond acceptors (Lipinski definition) is 4. The van der Waals surface area contributed by atoms with Gasteiger partial charge in [0.1, 0.15) is 12.4 Å². The van der Waals surface area contributed by atoms with Gasteiger partial charge in [-0.3, -0.25) is 4.79 Å². The highest BCUT2D eigenvalue weighted by Crippen LogP contribution is 2.24. The third kappa shape index (κ3) is 3.30. The molecule has 1 fully saturated rings. The Bertz CT molecular complexity index is 783. The second-order valence-corrected chi connectivity index (χ2v) is 5.27. The number of imide groups is 1. The first-order valence-electron chi connectivity index (χ1n) is 7.59. The summed E-state index contributed by atoms with van der Waals surface area (Å²) in [6.07, 6.45) is 1.15. The molecule has 0 aliphatic carbocycles. The average Bonchev–Trinajstić information content (AvgIpc) is 3.06. The van der Waals surface area contributed by atoms with Crippen LogP contribution in [-0.4, -0.2) is 37.2 Å². The highest BCUT2D eigenvalue weighted by molar-refractivity contribution is 6.27. The minimum atomic E-state index is -0.604. The van der Waals surface area contributed by atoms with Crippen LogP contribution in [0.15, 0.2) is 54.6 Å². The van der Waals surface area contributed by atoms with Gasteiger partial charge in [0.05, 0.1) is 13.7 Å². The Balaban J connectivity index is 2.03.